The van der Waals surface area contributed by atoms with Gasteiger partial charge in [0.05, 0.1) is 0 Å². The zero-order valence-electron chi connectivity index (χ0n) is 26.4. The van der Waals surface area contributed by atoms with Gasteiger partial charge in [0, 0.05) is 24.3 Å². The van der Waals surface area contributed by atoms with Crippen LogP contribution in [0, 0.1) is 0 Å². The molecule has 1 aliphatic heterocycles. The summed E-state index contributed by atoms with van der Waals surface area (Å²) in [4.78, 5) is 4.83. The summed E-state index contributed by atoms with van der Waals surface area (Å²) in [5.74, 6) is 0.397. The summed E-state index contributed by atoms with van der Waals surface area (Å²) in [7, 11) is 0. The minimum Gasteiger partial charge on any atom is -0.261 e. The van der Waals surface area contributed by atoms with Gasteiger partial charge in [-0.05, 0) is 82.9 Å². The number of aliphatic imine (C=N–C) groups is 1. The van der Waals surface area contributed by atoms with Crippen LogP contribution in [0.5, 0.6) is 0 Å². The largest absolute Gasteiger partial charge is 0.261 e. The van der Waals surface area contributed by atoms with Crippen LogP contribution in [0.3, 0.4) is 0 Å². The summed E-state index contributed by atoms with van der Waals surface area (Å²) in [6.07, 6.45) is 34.9. The molecule has 45 heavy (non-hydrogen) atoms. The van der Waals surface area contributed by atoms with E-state index in [1.54, 1.807) is 5.57 Å². The van der Waals surface area contributed by atoms with Crippen LogP contribution in [-0.2, 0) is 0 Å². The third-order valence-electron chi connectivity index (χ3n) is 8.33. The molecule has 0 bridgehead atoms. The molecule has 2 aliphatic rings. The van der Waals surface area contributed by atoms with Crippen molar-refractivity contribution in [2.75, 3.05) is 0 Å². The van der Waals surface area contributed by atoms with E-state index >= 15 is 0 Å². The molecule has 1 heteroatoms. The lowest BCUT2D eigenvalue weighted by molar-refractivity contribution is 0.658. The predicted molar refractivity (Wildman–Crippen MR) is 197 cm³/mol. The van der Waals surface area contributed by atoms with Crippen molar-refractivity contribution >= 4 is 16.9 Å². The molecule has 1 atom stereocenters. The van der Waals surface area contributed by atoms with Crippen molar-refractivity contribution in [2.45, 2.75) is 44.9 Å². The van der Waals surface area contributed by atoms with Gasteiger partial charge in [-0.1, -0.05) is 159 Å². The standard InChI is InChI=1S/C44H43N/c1-3-20-37(28-19-29-42-33-40(38-23-14-9-15-24-38)27-11-6-4-5-7-18-32-45-42)41-30-31-43(35(2)36-21-12-8-13-22-36)44(34-41)39-25-16-10-17-26-39/h3-7,9-11,14-21,23-28,30-35H,1,8,12-13,22,29H2,2H3/b5-4?,6-4+,7-5-,11-6?,18-7?,27-11+,28-19-,32-18-,37-20+,40-27?,40-33+,42-33?,45-32?,45-42-. The van der Waals surface area contributed by atoms with E-state index in [0.717, 1.165) is 22.4 Å². The Balaban J connectivity index is 1.47. The summed E-state index contributed by atoms with van der Waals surface area (Å²) in [5, 5.41) is 0. The molecular weight excluding hydrogens is 542 g/mol. The lowest BCUT2D eigenvalue weighted by atomic mass is 9.81. The topological polar surface area (TPSA) is 12.4 Å². The summed E-state index contributed by atoms with van der Waals surface area (Å²) in [5.41, 5.74) is 11.1. The van der Waals surface area contributed by atoms with Gasteiger partial charge in [-0.3, -0.25) is 4.99 Å². The van der Waals surface area contributed by atoms with Gasteiger partial charge >= 0.3 is 0 Å². The van der Waals surface area contributed by atoms with E-state index in [4.69, 9.17) is 4.99 Å². The Morgan fingerprint density at radius 2 is 1.58 bits per heavy atom. The highest BCUT2D eigenvalue weighted by Gasteiger charge is 2.18. The van der Waals surface area contributed by atoms with Crippen molar-refractivity contribution in [3.63, 3.8) is 0 Å². The van der Waals surface area contributed by atoms with Crippen LogP contribution in [0.15, 0.2) is 181 Å². The molecule has 0 amide bonds. The molecule has 0 N–H and O–H groups in total. The fraction of sp³-hybridized carbons (Fsp3) is 0.159. The zero-order valence-corrected chi connectivity index (χ0v) is 26.4. The van der Waals surface area contributed by atoms with Gasteiger partial charge in [0.15, 0.2) is 0 Å². The SMILES string of the molecule is C=C/C=C(\C=C/CC1=N/C=C\C=C/C=C/C=C/C(c2ccccc2)=C\1)c1ccc(C(C)C2=CCCCC2)c(-c2ccccc2)c1. The third-order valence-corrected chi connectivity index (χ3v) is 8.33. The summed E-state index contributed by atoms with van der Waals surface area (Å²) < 4.78 is 0. The minimum absolute atomic E-state index is 0.397. The molecule has 224 valence electrons. The molecule has 5 rings (SSSR count). The first kappa shape index (κ1) is 31.4. The third kappa shape index (κ3) is 9.00. The molecule has 0 saturated heterocycles. The predicted octanol–water partition coefficient (Wildman–Crippen LogP) is 12.2. The van der Waals surface area contributed by atoms with Crippen molar-refractivity contribution < 1.29 is 0 Å². The van der Waals surface area contributed by atoms with Gasteiger partial charge < -0.3 is 0 Å². The van der Waals surface area contributed by atoms with E-state index in [0.29, 0.717) is 12.3 Å². The number of hydrogen-bond donors (Lipinski definition) is 0. The second-order valence-corrected chi connectivity index (χ2v) is 11.4. The van der Waals surface area contributed by atoms with E-state index in [1.807, 2.05) is 48.7 Å². The van der Waals surface area contributed by atoms with Crippen molar-refractivity contribution in [3.05, 3.63) is 193 Å². The maximum absolute atomic E-state index is 4.83. The average molecular weight is 586 g/mol. The molecule has 1 aliphatic carbocycles. The summed E-state index contributed by atoms with van der Waals surface area (Å²) in [6.45, 7) is 6.40. The number of allylic oxidation sites excluding steroid dienone is 16. The smallest absolute Gasteiger partial charge is 0.0447 e. The fourth-order valence-corrected chi connectivity index (χ4v) is 5.91. The first-order valence-corrected chi connectivity index (χ1v) is 16.1. The normalized spacial score (nSPS) is 21.5. The van der Waals surface area contributed by atoms with E-state index < -0.39 is 0 Å². The van der Waals surface area contributed by atoms with Crippen molar-refractivity contribution in [3.8, 4) is 11.1 Å². The van der Waals surface area contributed by atoms with Crippen LogP contribution in [-0.4, -0.2) is 5.71 Å². The van der Waals surface area contributed by atoms with Gasteiger partial charge in [0.2, 0.25) is 0 Å². The quantitative estimate of drug-likeness (QED) is 0.175. The van der Waals surface area contributed by atoms with Crippen molar-refractivity contribution in [1.82, 2.24) is 0 Å². The second-order valence-electron chi connectivity index (χ2n) is 11.4. The molecule has 1 unspecified atom stereocenters. The molecule has 0 fully saturated rings. The Kier molecular flexibility index (Phi) is 11.7. The molecular formula is C44H43N. The van der Waals surface area contributed by atoms with E-state index in [9.17, 15) is 0 Å². The number of rotatable bonds is 9. The van der Waals surface area contributed by atoms with Gasteiger partial charge in [-0.25, -0.2) is 0 Å². The molecule has 3 aromatic carbocycles. The second kappa shape index (κ2) is 16.7. The van der Waals surface area contributed by atoms with Gasteiger partial charge in [0.1, 0.15) is 0 Å². The minimum atomic E-state index is 0.397. The van der Waals surface area contributed by atoms with Gasteiger partial charge in [0.25, 0.3) is 0 Å². The summed E-state index contributed by atoms with van der Waals surface area (Å²) in [6, 6.07) is 28.2. The Morgan fingerprint density at radius 3 is 2.31 bits per heavy atom. The van der Waals surface area contributed by atoms with E-state index in [2.05, 4.69) is 129 Å². The molecule has 0 aromatic heterocycles. The van der Waals surface area contributed by atoms with Crippen LogP contribution in [0.2, 0.25) is 0 Å². The summed E-state index contributed by atoms with van der Waals surface area (Å²) >= 11 is 0. The van der Waals surface area contributed by atoms with Crippen LogP contribution in [0.25, 0.3) is 22.3 Å². The first-order valence-electron chi connectivity index (χ1n) is 16.1. The van der Waals surface area contributed by atoms with Crippen LogP contribution in [0.4, 0.5) is 0 Å². The molecule has 1 nitrogen and oxygen atoms in total. The van der Waals surface area contributed by atoms with Crippen molar-refractivity contribution in [1.29, 1.82) is 0 Å². The maximum Gasteiger partial charge on any atom is 0.0447 e. The van der Waals surface area contributed by atoms with Crippen LogP contribution < -0.4 is 0 Å². The maximum atomic E-state index is 4.83. The zero-order chi connectivity index (χ0) is 31.1. The van der Waals surface area contributed by atoms with Crippen LogP contribution in [0.1, 0.15) is 61.6 Å². The molecule has 0 radical (unpaired) electrons. The van der Waals surface area contributed by atoms with E-state index in [1.165, 1.54) is 47.9 Å². The molecule has 0 saturated carbocycles. The molecule has 0 spiro atoms. The van der Waals surface area contributed by atoms with Crippen LogP contribution >= 0.6 is 0 Å². The number of benzene rings is 3. The first-order chi connectivity index (χ1) is 22.2. The Bertz CT molecular complexity index is 1720. The van der Waals surface area contributed by atoms with Gasteiger partial charge in [-0.15, -0.1) is 0 Å². The molecule has 3 aromatic rings. The highest BCUT2D eigenvalue weighted by atomic mass is 14.7. The van der Waals surface area contributed by atoms with E-state index in [-0.39, 0.29) is 0 Å². The fourth-order valence-electron chi connectivity index (χ4n) is 5.91. The monoisotopic (exact) mass is 585 g/mol. The Labute approximate surface area is 270 Å². The highest BCUT2D eigenvalue weighted by Crippen LogP contribution is 2.38. The average Bonchev–Trinajstić information content (AvgIpc) is 3.09. The molecule has 1 heterocycles. The highest BCUT2D eigenvalue weighted by molar-refractivity contribution is 6.03. The number of nitrogens with zero attached hydrogens (tertiary/aromatic N) is 1. The van der Waals surface area contributed by atoms with Crippen molar-refractivity contribution in [2.24, 2.45) is 4.99 Å². The number of hydrogen-bond acceptors (Lipinski definition) is 1. The Morgan fingerprint density at radius 1 is 0.844 bits per heavy atom. The lowest BCUT2D eigenvalue weighted by Crippen LogP contribution is -2.04. The Hall–Kier alpha value is -5.01. The lowest BCUT2D eigenvalue weighted by Gasteiger charge is -2.23. The van der Waals surface area contributed by atoms with Gasteiger partial charge in [-0.2, -0.15) is 0 Å².